The van der Waals surface area contributed by atoms with Crippen molar-refractivity contribution >= 4 is 11.0 Å². The Hall–Kier alpha value is -3.91. The number of hydrogen-bond donors (Lipinski definition) is 12. The zero-order valence-corrected chi connectivity index (χ0v) is 28.1. The molecular formula is C33H40O21. The van der Waals surface area contributed by atoms with E-state index in [-0.39, 0.29) is 22.6 Å². The molecule has 0 saturated carbocycles. The minimum Gasteiger partial charge on any atom is -0.508 e. The summed E-state index contributed by atoms with van der Waals surface area (Å²) in [5, 5.41) is 123. The summed E-state index contributed by atoms with van der Waals surface area (Å²) in [7, 11) is 1.26. The van der Waals surface area contributed by atoms with Gasteiger partial charge in [0.15, 0.2) is 29.7 Å². The second-order valence-electron chi connectivity index (χ2n) is 12.8. The maximum absolute atomic E-state index is 14.2. The van der Waals surface area contributed by atoms with E-state index in [2.05, 4.69) is 0 Å². The van der Waals surface area contributed by atoms with Gasteiger partial charge in [0, 0.05) is 17.7 Å². The van der Waals surface area contributed by atoms with Gasteiger partial charge in [-0.3, -0.25) is 4.79 Å². The molecule has 0 unspecified atom stereocenters. The number of benzene rings is 2. The number of ether oxygens (including phenoxy) is 7. The van der Waals surface area contributed by atoms with Crippen LogP contribution in [0.2, 0.25) is 0 Å². The second kappa shape index (κ2) is 16.1. The van der Waals surface area contributed by atoms with Gasteiger partial charge in [0.05, 0.1) is 26.9 Å². The molecule has 0 bridgehead atoms. The van der Waals surface area contributed by atoms with Crippen LogP contribution in [0.1, 0.15) is 0 Å². The van der Waals surface area contributed by atoms with E-state index in [9.17, 15) is 66.1 Å². The van der Waals surface area contributed by atoms with Crippen molar-refractivity contribution in [3.63, 3.8) is 0 Å². The molecule has 0 spiro atoms. The molecule has 54 heavy (non-hydrogen) atoms. The standard InChI is InChI=1S/C33H40O21/c1-47-14-3-2-10(4-15(14)50-32-27(46)24(43)21(40)17(7-34)51-32)28-29(23(42)19-12(37)5-11(36)6-16(19)49-28)53-33-30(25(44)22(41)18(8-35)52-33)54-31-26(45)20(39)13(38)9-48-31/h2-6,13,17-18,20-22,24-27,30-41,43-46H,7-9H2,1H3/t13-,17-,18-,20+,21-,22-,24+,25+,26-,27-,30-,31+,32-,33+/m1/s1. The molecule has 2 aromatic carbocycles. The van der Waals surface area contributed by atoms with Gasteiger partial charge in [-0.05, 0) is 18.2 Å². The Balaban J connectivity index is 1.44. The van der Waals surface area contributed by atoms with Crippen molar-refractivity contribution in [2.24, 2.45) is 0 Å². The van der Waals surface area contributed by atoms with Crippen LogP contribution in [0.3, 0.4) is 0 Å². The lowest BCUT2D eigenvalue weighted by atomic mass is 9.98. The summed E-state index contributed by atoms with van der Waals surface area (Å²) >= 11 is 0. The number of hydrogen-bond acceptors (Lipinski definition) is 21. The third kappa shape index (κ3) is 7.39. The van der Waals surface area contributed by atoms with Crippen LogP contribution >= 0.6 is 0 Å². The van der Waals surface area contributed by atoms with Crippen LogP contribution in [0.25, 0.3) is 22.3 Å². The van der Waals surface area contributed by atoms with E-state index in [4.69, 9.17) is 37.6 Å². The van der Waals surface area contributed by atoms with E-state index < -0.39 is 140 Å². The van der Waals surface area contributed by atoms with Gasteiger partial charge in [0.25, 0.3) is 0 Å². The van der Waals surface area contributed by atoms with E-state index in [1.807, 2.05) is 0 Å². The number of aromatic hydroxyl groups is 2. The van der Waals surface area contributed by atoms with E-state index in [1.54, 1.807) is 0 Å². The topological polar surface area (TPSA) is 338 Å². The number of phenols is 2. The Bertz CT molecular complexity index is 1830. The minimum absolute atomic E-state index is 0.00178. The molecule has 3 aromatic rings. The average molecular weight is 773 g/mol. The first-order chi connectivity index (χ1) is 25.7. The lowest BCUT2D eigenvalue weighted by Crippen LogP contribution is -2.64. The van der Waals surface area contributed by atoms with E-state index in [0.29, 0.717) is 0 Å². The fourth-order valence-corrected chi connectivity index (χ4v) is 6.23. The zero-order valence-electron chi connectivity index (χ0n) is 28.1. The van der Waals surface area contributed by atoms with E-state index >= 15 is 0 Å². The fraction of sp³-hybridized carbons (Fsp3) is 0.545. The summed E-state index contributed by atoms with van der Waals surface area (Å²) in [6, 6.07) is 5.70. The Kier molecular flexibility index (Phi) is 11.8. The molecule has 298 valence electrons. The van der Waals surface area contributed by atoms with Crippen molar-refractivity contribution in [3.8, 4) is 40.1 Å². The first-order valence-corrected chi connectivity index (χ1v) is 16.5. The molecule has 21 nitrogen and oxygen atoms in total. The predicted molar refractivity (Wildman–Crippen MR) is 173 cm³/mol. The molecular weight excluding hydrogens is 732 g/mol. The normalized spacial score (nSPS) is 35.8. The van der Waals surface area contributed by atoms with Crippen LogP contribution in [0.15, 0.2) is 39.5 Å². The molecule has 12 N–H and O–H groups in total. The third-order valence-electron chi connectivity index (χ3n) is 9.24. The van der Waals surface area contributed by atoms with Gasteiger partial charge in [-0.2, -0.15) is 0 Å². The number of methoxy groups -OCH3 is 1. The number of aliphatic hydroxyl groups excluding tert-OH is 10. The monoisotopic (exact) mass is 772 g/mol. The summed E-state index contributed by atoms with van der Waals surface area (Å²) in [5.74, 6) is -2.69. The first-order valence-electron chi connectivity index (χ1n) is 16.5. The second-order valence-corrected chi connectivity index (χ2v) is 12.8. The molecule has 3 aliphatic heterocycles. The Morgan fingerprint density at radius 2 is 1.37 bits per heavy atom. The highest BCUT2D eigenvalue weighted by atomic mass is 16.8. The summed E-state index contributed by atoms with van der Waals surface area (Å²) in [6.45, 7) is -2.15. The van der Waals surface area contributed by atoms with Crippen LogP contribution in [-0.2, 0) is 18.9 Å². The van der Waals surface area contributed by atoms with Crippen molar-refractivity contribution < 1.29 is 98.9 Å². The highest BCUT2D eigenvalue weighted by molar-refractivity contribution is 5.88. The number of phenolic OH excluding ortho intramolecular Hbond substituents is 2. The number of fused-ring (bicyclic) bond motifs is 1. The minimum atomic E-state index is -1.97. The fourth-order valence-electron chi connectivity index (χ4n) is 6.23. The molecule has 0 aliphatic carbocycles. The summed E-state index contributed by atoms with van der Waals surface area (Å²) in [6.07, 6.45) is -24.4. The van der Waals surface area contributed by atoms with Crippen molar-refractivity contribution in [2.45, 2.75) is 86.0 Å². The van der Waals surface area contributed by atoms with E-state index in [0.717, 1.165) is 12.1 Å². The SMILES string of the molecule is COc1ccc(-c2oc3cc(O)cc(O)c3c(=O)c2O[C@@H]2O[C@H](CO)[C@@H](O)[C@H](O)[C@H]2O[C@@H]2OC[C@@H](O)[C@H](O)[C@H]2O)cc1O[C@@H]1O[C@H](CO)[C@@H](O)[C@H](O)[C@H]1O. The van der Waals surface area contributed by atoms with Crippen LogP contribution in [0.5, 0.6) is 28.7 Å². The molecule has 6 rings (SSSR count). The van der Waals surface area contributed by atoms with Gasteiger partial charge in [-0.25, -0.2) is 0 Å². The first kappa shape index (κ1) is 39.8. The largest absolute Gasteiger partial charge is 0.508 e. The highest BCUT2D eigenvalue weighted by Gasteiger charge is 2.50. The predicted octanol–water partition coefficient (Wildman–Crippen LogP) is -4.30. The molecule has 3 aliphatic rings. The summed E-state index contributed by atoms with van der Waals surface area (Å²) in [5.41, 5.74) is -1.52. The Morgan fingerprint density at radius 3 is 2.04 bits per heavy atom. The van der Waals surface area contributed by atoms with Crippen molar-refractivity contribution in [2.75, 3.05) is 26.9 Å². The van der Waals surface area contributed by atoms with Crippen LogP contribution in [0, 0.1) is 0 Å². The van der Waals surface area contributed by atoms with Gasteiger partial charge in [0.1, 0.15) is 83.5 Å². The molecule has 0 radical (unpaired) electrons. The maximum atomic E-state index is 14.2. The summed E-state index contributed by atoms with van der Waals surface area (Å²) < 4.78 is 45.2. The molecule has 0 amide bonds. The van der Waals surface area contributed by atoms with Gasteiger partial charge < -0.3 is 98.9 Å². The van der Waals surface area contributed by atoms with Gasteiger partial charge >= 0.3 is 0 Å². The number of rotatable bonds is 10. The molecule has 3 fully saturated rings. The van der Waals surface area contributed by atoms with Crippen LogP contribution < -0.4 is 19.6 Å². The van der Waals surface area contributed by atoms with Crippen LogP contribution in [-0.4, -0.2) is 174 Å². The van der Waals surface area contributed by atoms with Gasteiger partial charge in [-0.1, -0.05) is 0 Å². The van der Waals surface area contributed by atoms with Crippen LogP contribution in [0.4, 0.5) is 0 Å². The smallest absolute Gasteiger partial charge is 0.239 e. The molecule has 4 heterocycles. The van der Waals surface area contributed by atoms with Crippen molar-refractivity contribution in [3.05, 3.63) is 40.6 Å². The van der Waals surface area contributed by atoms with Gasteiger partial charge in [-0.15, -0.1) is 0 Å². The Labute approximate surface area is 303 Å². The zero-order chi connectivity index (χ0) is 39.2. The van der Waals surface area contributed by atoms with E-state index in [1.165, 1.54) is 25.3 Å². The summed E-state index contributed by atoms with van der Waals surface area (Å²) in [4.78, 5) is 14.2. The Morgan fingerprint density at radius 1 is 0.722 bits per heavy atom. The third-order valence-corrected chi connectivity index (χ3v) is 9.24. The average Bonchev–Trinajstić information content (AvgIpc) is 3.15. The lowest BCUT2D eigenvalue weighted by Gasteiger charge is -2.44. The molecule has 3 saturated heterocycles. The van der Waals surface area contributed by atoms with Crippen molar-refractivity contribution in [1.82, 2.24) is 0 Å². The maximum Gasteiger partial charge on any atom is 0.239 e. The molecule has 14 atom stereocenters. The lowest BCUT2D eigenvalue weighted by molar-refractivity contribution is -0.345. The molecule has 1 aromatic heterocycles. The number of aliphatic hydroxyl groups is 10. The highest BCUT2D eigenvalue weighted by Crippen LogP contribution is 2.41. The van der Waals surface area contributed by atoms with Gasteiger partial charge in [0.2, 0.25) is 23.8 Å². The quantitative estimate of drug-likeness (QED) is 0.0927. The molecule has 21 heteroatoms. The van der Waals surface area contributed by atoms with Crippen molar-refractivity contribution in [1.29, 1.82) is 0 Å².